The van der Waals surface area contributed by atoms with Crippen molar-refractivity contribution in [1.82, 2.24) is 0 Å². The van der Waals surface area contributed by atoms with Crippen molar-refractivity contribution < 1.29 is 23.1 Å². The molecule has 1 aliphatic heterocycles. The molecule has 1 heterocycles. The van der Waals surface area contributed by atoms with Gasteiger partial charge in [0.2, 0.25) is 0 Å². The molecule has 22 heavy (non-hydrogen) atoms. The van der Waals surface area contributed by atoms with Gasteiger partial charge in [-0.2, -0.15) is 0 Å². The zero-order valence-corrected chi connectivity index (χ0v) is 13.7. The highest BCUT2D eigenvalue weighted by atomic mass is 32.2. The van der Waals surface area contributed by atoms with E-state index in [2.05, 4.69) is 0 Å². The molecule has 1 aliphatic rings. The molecular weight excluding hydrogens is 304 g/mol. The molecule has 1 aromatic carbocycles. The summed E-state index contributed by atoms with van der Waals surface area (Å²) in [5, 5.41) is 9.08. The molecule has 0 saturated carbocycles. The molecule has 2 atom stereocenters. The number of rotatable bonds is 5. The highest BCUT2D eigenvalue weighted by molar-refractivity contribution is 7.91. The second kappa shape index (κ2) is 6.79. The van der Waals surface area contributed by atoms with E-state index in [0.717, 1.165) is 0 Å². The highest BCUT2D eigenvalue weighted by Gasteiger charge is 2.33. The fourth-order valence-electron chi connectivity index (χ4n) is 2.95. The predicted molar refractivity (Wildman–Crippen MR) is 83.2 cm³/mol. The fraction of sp³-hybridized carbons (Fsp3) is 0.562. The lowest BCUT2D eigenvalue weighted by Crippen LogP contribution is -2.15. The third-order valence-electron chi connectivity index (χ3n) is 4.14. The molecule has 1 aromatic rings. The Labute approximate surface area is 131 Å². The van der Waals surface area contributed by atoms with Gasteiger partial charge in [0.25, 0.3) is 0 Å². The molecule has 0 aromatic heterocycles. The van der Waals surface area contributed by atoms with Gasteiger partial charge in [0.05, 0.1) is 30.1 Å². The number of aliphatic hydroxyl groups is 1. The first-order valence-electron chi connectivity index (χ1n) is 7.52. The molecule has 5 nitrogen and oxygen atoms in total. The Bertz CT molecular complexity index is 651. The van der Waals surface area contributed by atoms with Crippen LogP contribution < -0.4 is 0 Å². The first-order valence-corrected chi connectivity index (χ1v) is 9.24. The van der Waals surface area contributed by atoms with Crippen molar-refractivity contribution in [3.8, 4) is 0 Å². The second-order valence-electron chi connectivity index (χ2n) is 5.59. The van der Waals surface area contributed by atoms with E-state index in [4.69, 9.17) is 4.74 Å². The molecule has 1 fully saturated rings. The van der Waals surface area contributed by atoms with Crippen molar-refractivity contribution in [3.63, 3.8) is 0 Å². The Hall–Kier alpha value is -1.40. The molecule has 6 heteroatoms. The molecule has 0 aliphatic carbocycles. The number of ether oxygens (including phenoxy) is 1. The maximum Gasteiger partial charge on any atom is 0.313 e. The van der Waals surface area contributed by atoms with Crippen molar-refractivity contribution in [3.05, 3.63) is 34.9 Å². The molecular formula is C16H22O5S. The minimum absolute atomic E-state index is 0.215. The summed E-state index contributed by atoms with van der Waals surface area (Å²) in [6, 6.07) is 5.19. The van der Waals surface area contributed by atoms with Crippen LogP contribution >= 0.6 is 0 Å². The minimum atomic E-state index is -3.10. The van der Waals surface area contributed by atoms with Crippen LogP contribution in [0.4, 0.5) is 0 Å². The van der Waals surface area contributed by atoms with E-state index >= 15 is 0 Å². The van der Waals surface area contributed by atoms with E-state index in [0.29, 0.717) is 36.1 Å². The third kappa shape index (κ3) is 3.33. The van der Waals surface area contributed by atoms with E-state index < -0.39 is 21.0 Å². The molecule has 0 spiro atoms. The Kier molecular flexibility index (Phi) is 5.24. The van der Waals surface area contributed by atoms with Gasteiger partial charge in [-0.15, -0.1) is 0 Å². The van der Waals surface area contributed by atoms with Crippen molar-refractivity contribution in [2.75, 3.05) is 12.4 Å². The average molecular weight is 326 g/mol. The smallest absolute Gasteiger partial charge is 0.313 e. The Morgan fingerprint density at radius 2 is 2.18 bits per heavy atom. The number of carbonyl (C=O) groups excluding carboxylic acids is 1. The van der Waals surface area contributed by atoms with Crippen LogP contribution in [0.15, 0.2) is 18.2 Å². The summed E-state index contributed by atoms with van der Waals surface area (Å²) >= 11 is 0. The van der Waals surface area contributed by atoms with Crippen molar-refractivity contribution in [2.24, 2.45) is 0 Å². The van der Waals surface area contributed by atoms with Crippen molar-refractivity contribution in [2.45, 2.75) is 44.5 Å². The van der Waals surface area contributed by atoms with Crippen LogP contribution in [0, 0.1) is 0 Å². The number of hydrogen-bond acceptors (Lipinski definition) is 5. The van der Waals surface area contributed by atoms with E-state index in [-0.39, 0.29) is 18.3 Å². The van der Waals surface area contributed by atoms with Gasteiger partial charge in [0.15, 0.2) is 9.84 Å². The normalized spacial score (nSPS) is 21.5. The predicted octanol–water partition coefficient (Wildman–Crippen LogP) is 2.10. The third-order valence-corrected chi connectivity index (χ3v) is 6.38. The zero-order chi connectivity index (χ0) is 16.3. The van der Waals surface area contributed by atoms with Gasteiger partial charge in [-0.25, -0.2) is 8.42 Å². The van der Waals surface area contributed by atoms with E-state index in [9.17, 15) is 18.3 Å². The second-order valence-corrected chi connectivity index (χ2v) is 7.89. The van der Waals surface area contributed by atoms with Gasteiger partial charge in [0.1, 0.15) is 0 Å². The van der Waals surface area contributed by atoms with Gasteiger partial charge in [-0.3, -0.25) is 4.79 Å². The molecule has 122 valence electrons. The van der Waals surface area contributed by atoms with E-state index in [1.54, 1.807) is 32.0 Å². The molecule has 2 rings (SSSR count). The molecule has 1 N–H and O–H groups in total. The molecule has 0 bridgehead atoms. The van der Waals surface area contributed by atoms with Crippen LogP contribution in [0.2, 0.25) is 0 Å². The Morgan fingerprint density at radius 3 is 2.73 bits per heavy atom. The first kappa shape index (κ1) is 17.0. The first-order chi connectivity index (χ1) is 10.4. The van der Waals surface area contributed by atoms with Crippen LogP contribution in [0.25, 0.3) is 0 Å². The monoisotopic (exact) mass is 326 g/mol. The topological polar surface area (TPSA) is 80.7 Å². The molecule has 2 unspecified atom stereocenters. The maximum atomic E-state index is 12.0. The summed E-state index contributed by atoms with van der Waals surface area (Å²) in [6.45, 7) is 3.53. The number of carbonyl (C=O) groups is 1. The highest BCUT2D eigenvalue weighted by Crippen LogP contribution is 2.36. The standard InChI is InChI=1S/C16H22O5S/c1-3-21-16(18)11(2)14-7-6-12(9-13(14)10-17)15-5-4-8-22(15,19)20/h6-7,9,11,15,17H,3-5,8,10H2,1-2H3. The van der Waals surface area contributed by atoms with Gasteiger partial charge in [0, 0.05) is 0 Å². The van der Waals surface area contributed by atoms with E-state index in [1.807, 2.05) is 0 Å². The summed E-state index contributed by atoms with van der Waals surface area (Å²) in [7, 11) is -3.10. The fourth-order valence-corrected chi connectivity index (χ4v) is 4.89. The van der Waals surface area contributed by atoms with Gasteiger partial charge >= 0.3 is 5.97 Å². The summed E-state index contributed by atoms with van der Waals surface area (Å²) in [6.07, 6.45) is 1.28. The maximum absolute atomic E-state index is 12.0. The lowest BCUT2D eigenvalue weighted by Gasteiger charge is -2.17. The summed E-state index contributed by atoms with van der Waals surface area (Å²) in [5.74, 6) is -0.623. The van der Waals surface area contributed by atoms with Crippen LogP contribution in [-0.2, 0) is 26.0 Å². The summed E-state index contributed by atoms with van der Waals surface area (Å²) < 4.78 is 29.1. The van der Waals surface area contributed by atoms with Gasteiger partial charge < -0.3 is 9.84 Å². The SMILES string of the molecule is CCOC(=O)C(C)c1ccc(C2CCCS2(=O)=O)cc1CO. The lowest BCUT2D eigenvalue weighted by atomic mass is 9.93. The Balaban J connectivity index is 2.34. The van der Waals surface area contributed by atoms with Crippen LogP contribution in [0.1, 0.15) is 54.5 Å². The lowest BCUT2D eigenvalue weighted by molar-refractivity contribution is -0.144. The van der Waals surface area contributed by atoms with Crippen molar-refractivity contribution >= 4 is 15.8 Å². The van der Waals surface area contributed by atoms with E-state index in [1.165, 1.54) is 0 Å². The van der Waals surface area contributed by atoms with Gasteiger partial charge in [-0.1, -0.05) is 18.2 Å². The quantitative estimate of drug-likeness (QED) is 0.838. The number of aliphatic hydroxyl groups excluding tert-OH is 1. The summed E-state index contributed by atoms with van der Waals surface area (Å²) in [5.41, 5.74) is 1.96. The van der Waals surface area contributed by atoms with Gasteiger partial charge in [-0.05, 0) is 43.4 Å². The average Bonchev–Trinajstić information content (AvgIpc) is 2.85. The largest absolute Gasteiger partial charge is 0.466 e. The van der Waals surface area contributed by atoms with Crippen LogP contribution in [-0.4, -0.2) is 31.9 Å². The minimum Gasteiger partial charge on any atom is -0.466 e. The number of benzene rings is 1. The molecule has 0 amide bonds. The van der Waals surface area contributed by atoms with Crippen molar-refractivity contribution in [1.29, 1.82) is 0 Å². The number of sulfone groups is 1. The zero-order valence-electron chi connectivity index (χ0n) is 12.9. The Morgan fingerprint density at radius 1 is 1.45 bits per heavy atom. The van der Waals surface area contributed by atoms with Crippen LogP contribution in [0.5, 0.6) is 0 Å². The number of esters is 1. The summed E-state index contributed by atoms with van der Waals surface area (Å²) in [4.78, 5) is 11.9. The number of hydrogen-bond donors (Lipinski definition) is 1. The van der Waals surface area contributed by atoms with Crippen LogP contribution in [0.3, 0.4) is 0 Å². The molecule has 0 radical (unpaired) electrons. The molecule has 1 saturated heterocycles.